The van der Waals surface area contributed by atoms with E-state index in [4.69, 9.17) is 18.7 Å². The highest BCUT2D eigenvalue weighted by Crippen LogP contribution is 2.47. The van der Waals surface area contributed by atoms with E-state index in [0.29, 0.717) is 39.8 Å². The van der Waals surface area contributed by atoms with Crippen LogP contribution >= 0.6 is 34.4 Å². The Morgan fingerprint density at radius 2 is 1.19 bits per heavy atom. The fraction of sp³-hybridized carbons (Fsp3) is 0.222. The summed E-state index contributed by atoms with van der Waals surface area (Å²) in [6.45, 7) is 8.52. The summed E-state index contributed by atoms with van der Waals surface area (Å²) in [4.78, 5) is 34.8. The third kappa shape index (κ3) is 3.32. The fourth-order valence-corrected chi connectivity index (χ4v) is 7.19. The smallest absolute Gasteiger partial charge is 0.214 e. The molecule has 1 aliphatic rings. The molecule has 37 heavy (non-hydrogen) atoms. The number of carbonyl (C=O) groups excluding carboxylic acids is 1. The Bertz CT molecular complexity index is 1880. The highest BCUT2D eigenvalue weighted by atomic mass is 32.1. The molecule has 0 aliphatic heterocycles. The van der Waals surface area contributed by atoms with E-state index in [1.54, 1.807) is 22.7 Å². The molecule has 0 spiro atoms. The fourth-order valence-electron chi connectivity index (χ4n) is 4.69. The lowest BCUT2D eigenvalue weighted by Crippen LogP contribution is -2.02. The predicted molar refractivity (Wildman–Crippen MR) is 150 cm³/mol. The Morgan fingerprint density at radius 1 is 0.676 bits per heavy atom. The van der Waals surface area contributed by atoms with Crippen LogP contribution < -0.4 is 0 Å². The SMILES string of the molecule is CC(C)c1ncc(-c2c3nsnc3c(-c3cnc(C(C)C)s3)c3nc4c(nc23)C(=O)c2ccccc2-4)s1. The molecule has 0 fully saturated rings. The molecule has 7 nitrogen and oxygen atoms in total. The zero-order valence-electron chi connectivity index (χ0n) is 20.4. The third-order valence-corrected chi connectivity index (χ3v) is 9.66. The molecule has 0 radical (unpaired) electrons. The van der Waals surface area contributed by atoms with Gasteiger partial charge in [0.05, 0.1) is 42.6 Å². The maximum Gasteiger partial charge on any atom is 0.214 e. The van der Waals surface area contributed by atoms with E-state index in [1.807, 2.05) is 36.7 Å². The molecule has 0 atom stereocenters. The monoisotopic (exact) mass is 540 g/mol. The molecule has 0 saturated heterocycles. The molecule has 6 aromatic rings. The van der Waals surface area contributed by atoms with Crippen molar-refractivity contribution >= 4 is 62.3 Å². The summed E-state index contributed by atoms with van der Waals surface area (Å²) in [7, 11) is 0. The number of benzene rings is 2. The largest absolute Gasteiger partial charge is 0.287 e. The van der Waals surface area contributed by atoms with E-state index in [0.717, 1.165) is 47.5 Å². The molecule has 0 amide bonds. The molecule has 0 saturated carbocycles. The summed E-state index contributed by atoms with van der Waals surface area (Å²) in [6.07, 6.45) is 3.77. The van der Waals surface area contributed by atoms with Crippen molar-refractivity contribution in [3.63, 3.8) is 0 Å². The van der Waals surface area contributed by atoms with Gasteiger partial charge in [-0.05, 0) is 0 Å². The van der Waals surface area contributed by atoms with Crippen molar-refractivity contribution in [2.24, 2.45) is 0 Å². The first-order chi connectivity index (χ1) is 17.9. The van der Waals surface area contributed by atoms with Crippen LogP contribution in [-0.2, 0) is 0 Å². The number of thiazole rings is 2. The zero-order chi connectivity index (χ0) is 25.4. The number of rotatable bonds is 4. The molecule has 4 aromatic heterocycles. The Kier molecular flexibility index (Phi) is 5.08. The highest BCUT2D eigenvalue weighted by Gasteiger charge is 2.33. The second-order valence-electron chi connectivity index (χ2n) is 9.64. The van der Waals surface area contributed by atoms with Crippen LogP contribution in [0.3, 0.4) is 0 Å². The Balaban J connectivity index is 1.63. The second-order valence-corrected chi connectivity index (χ2v) is 12.3. The summed E-state index contributed by atoms with van der Waals surface area (Å²) in [6, 6.07) is 7.57. The molecular formula is C27H20N6OS3. The Hall–Kier alpha value is -3.47. The van der Waals surface area contributed by atoms with Gasteiger partial charge in [-0.1, -0.05) is 52.0 Å². The van der Waals surface area contributed by atoms with Crippen molar-refractivity contribution in [1.82, 2.24) is 28.7 Å². The molecule has 182 valence electrons. The topological polar surface area (TPSA) is 94.4 Å². The van der Waals surface area contributed by atoms with Crippen molar-refractivity contribution in [3.8, 4) is 32.1 Å². The van der Waals surface area contributed by atoms with Gasteiger partial charge in [0.1, 0.15) is 33.5 Å². The molecule has 0 bridgehead atoms. The number of ketones is 1. The van der Waals surface area contributed by atoms with E-state index in [-0.39, 0.29) is 5.78 Å². The van der Waals surface area contributed by atoms with Gasteiger partial charge in [-0.15, -0.1) is 22.7 Å². The number of nitrogens with zero attached hydrogens (tertiary/aromatic N) is 6. The molecule has 0 N–H and O–H groups in total. The molecule has 10 heteroatoms. The van der Waals surface area contributed by atoms with E-state index in [2.05, 4.69) is 37.7 Å². The van der Waals surface area contributed by atoms with Crippen LogP contribution in [0.1, 0.15) is 65.6 Å². The van der Waals surface area contributed by atoms with Gasteiger partial charge in [0.25, 0.3) is 0 Å². The van der Waals surface area contributed by atoms with Crippen LogP contribution in [0.5, 0.6) is 0 Å². The van der Waals surface area contributed by atoms with Gasteiger partial charge in [-0.25, -0.2) is 19.9 Å². The van der Waals surface area contributed by atoms with Gasteiger partial charge in [0.2, 0.25) is 5.78 Å². The van der Waals surface area contributed by atoms with Gasteiger partial charge in [0.15, 0.2) is 0 Å². The number of aromatic nitrogens is 6. The quantitative estimate of drug-likeness (QED) is 0.230. The Labute approximate surface area is 224 Å². The lowest BCUT2D eigenvalue weighted by Gasteiger charge is -2.11. The van der Waals surface area contributed by atoms with Crippen LogP contribution in [-0.4, -0.2) is 34.5 Å². The summed E-state index contributed by atoms with van der Waals surface area (Å²) >= 11 is 4.43. The standard InChI is InChI=1S/C27H20N6OS3/c1-11(2)26-28-9-15(35-26)17-20-21(31-24-19(30-20)13-7-5-6-8-14(13)25(24)34)18(23-22(17)32-37-33-23)16-10-29-27(36-16)12(3)4/h5-12H,1-4H3. The molecule has 7 rings (SSSR count). The van der Waals surface area contributed by atoms with Gasteiger partial charge < -0.3 is 0 Å². The van der Waals surface area contributed by atoms with Crippen molar-refractivity contribution < 1.29 is 4.79 Å². The minimum Gasteiger partial charge on any atom is -0.287 e. The number of carbonyl (C=O) groups is 1. The van der Waals surface area contributed by atoms with Crippen LogP contribution in [0.25, 0.3) is 54.2 Å². The van der Waals surface area contributed by atoms with Crippen molar-refractivity contribution in [2.75, 3.05) is 0 Å². The average Bonchev–Trinajstić information content (AvgIpc) is 3.69. The van der Waals surface area contributed by atoms with Crippen LogP contribution in [0, 0.1) is 0 Å². The first-order valence-electron chi connectivity index (χ1n) is 12.0. The molecular weight excluding hydrogens is 521 g/mol. The van der Waals surface area contributed by atoms with E-state index in [1.165, 1.54) is 11.7 Å². The summed E-state index contributed by atoms with van der Waals surface area (Å²) < 4.78 is 9.46. The summed E-state index contributed by atoms with van der Waals surface area (Å²) in [5.41, 5.74) is 7.02. The maximum absolute atomic E-state index is 13.4. The van der Waals surface area contributed by atoms with E-state index in [9.17, 15) is 4.79 Å². The van der Waals surface area contributed by atoms with Gasteiger partial charge in [0, 0.05) is 35.4 Å². The average molecular weight is 541 g/mol. The molecule has 2 aromatic carbocycles. The lowest BCUT2D eigenvalue weighted by atomic mass is 10.0. The van der Waals surface area contributed by atoms with Crippen molar-refractivity contribution in [1.29, 1.82) is 0 Å². The maximum atomic E-state index is 13.4. The summed E-state index contributed by atoms with van der Waals surface area (Å²) in [5.74, 6) is 0.502. The first kappa shape index (κ1) is 22.7. The van der Waals surface area contributed by atoms with Crippen LogP contribution in [0.15, 0.2) is 36.7 Å². The first-order valence-corrected chi connectivity index (χ1v) is 14.3. The number of fused-ring (bicyclic) bond motifs is 5. The molecule has 1 aliphatic carbocycles. The van der Waals surface area contributed by atoms with E-state index >= 15 is 0 Å². The van der Waals surface area contributed by atoms with Gasteiger partial charge in [-0.3, -0.25) is 4.79 Å². The van der Waals surface area contributed by atoms with Crippen molar-refractivity contribution in [2.45, 2.75) is 39.5 Å². The van der Waals surface area contributed by atoms with Gasteiger partial charge >= 0.3 is 0 Å². The summed E-state index contributed by atoms with van der Waals surface area (Å²) in [5, 5.41) is 2.08. The Morgan fingerprint density at radius 3 is 1.70 bits per heavy atom. The van der Waals surface area contributed by atoms with Crippen LogP contribution in [0.2, 0.25) is 0 Å². The predicted octanol–water partition coefficient (Wildman–Crippen LogP) is 7.34. The highest BCUT2D eigenvalue weighted by molar-refractivity contribution is 7.16. The normalized spacial score (nSPS) is 12.9. The minimum absolute atomic E-state index is 0.101. The number of hydrogen-bond donors (Lipinski definition) is 0. The second kappa shape index (κ2) is 8.27. The lowest BCUT2D eigenvalue weighted by molar-refractivity contribution is 0.103. The third-order valence-electron chi connectivity index (χ3n) is 6.50. The minimum atomic E-state index is -0.101. The zero-order valence-corrected chi connectivity index (χ0v) is 22.9. The van der Waals surface area contributed by atoms with E-state index < -0.39 is 0 Å². The number of hydrogen-bond acceptors (Lipinski definition) is 10. The molecule has 4 heterocycles. The molecule has 0 unspecified atom stereocenters. The van der Waals surface area contributed by atoms with Gasteiger partial charge in [-0.2, -0.15) is 8.75 Å². The van der Waals surface area contributed by atoms with Crippen LogP contribution in [0.4, 0.5) is 0 Å². The van der Waals surface area contributed by atoms with Crippen molar-refractivity contribution in [3.05, 3.63) is 57.9 Å².